The van der Waals surface area contributed by atoms with Gasteiger partial charge in [0.15, 0.2) is 0 Å². The molecule has 0 aromatic heterocycles. The second-order valence-electron chi connectivity index (χ2n) is 4.58. The fourth-order valence-corrected chi connectivity index (χ4v) is 1.50. The topological polar surface area (TPSA) is 67.8 Å². The van der Waals surface area contributed by atoms with Crippen molar-refractivity contribution in [1.29, 1.82) is 0 Å². The first-order valence-electron chi connectivity index (χ1n) is 5.09. The van der Waals surface area contributed by atoms with E-state index in [0.29, 0.717) is 12.4 Å². The van der Waals surface area contributed by atoms with Crippen molar-refractivity contribution < 1.29 is 9.84 Å². The molecular formula is C10H22N2O2Si. The summed E-state index contributed by atoms with van der Waals surface area (Å²) in [5.74, 6) is 0. The molecular weight excluding hydrogens is 208 g/mol. The molecule has 0 heterocycles. The molecule has 0 spiro atoms. The minimum absolute atomic E-state index is 0.136. The molecule has 0 aliphatic heterocycles. The predicted octanol–water partition coefficient (Wildman–Crippen LogP) is 1.20. The van der Waals surface area contributed by atoms with E-state index in [2.05, 4.69) is 24.6 Å². The van der Waals surface area contributed by atoms with Crippen molar-refractivity contribution in [3.05, 3.63) is 11.8 Å². The van der Waals surface area contributed by atoms with E-state index >= 15 is 0 Å². The Labute approximate surface area is 92.9 Å². The number of allylic oxidation sites excluding steroid dienone is 1. The number of hydrogen-bond donors (Lipinski definition) is 2. The molecule has 88 valence electrons. The summed E-state index contributed by atoms with van der Waals surface area (Å²) < 4.78 is 5.33. The van der Waals surface area contributed by atoms with Crippen LogP contribution in [0.25, 0.3) is 0 Å². The summed E-state index contributed by atoms with van der Waals surface area (Å²) in [7, 11) is -0.991. The zero-order chi connectivity index (χ0) is 11.7. The quantitative estimate of drug-likeness (QED) is 0.392. The highest BCUT2D eigenvalue weighted by Crippen LogP contribution is 2.07. The molecule has 0 unspecified atom stereocenters. The Hall–Kier alpha value is -0.653. The zero-order valence-electron chi connectivity index (χ0n) is 9.86. The minimum atomic E-state index is -0.991. The Balaban J connectivity index is 3.47. The van der Waals surface area contributed by atoms with Crippen molar-refractivity contribution in [2.24, 2.45) is 10.7 Å². The maximum atomic E-state index is 8.58. The molecule has 0 atom stereocenters. The third kappa shape index (κ3) is 11.3. The monoisotopic (exact) mass is 230 g/mol. The maximum Gasteiger partial charge on any atom is 0.137 e. The molecule has 0 saturated heterocycles. The van der Waals surface area contributed by atoms with Gasteiger partial charge in [-0.05, 0) is 12.1 Å². The second kappa shape index (κ2) is 7.61. The van der Waals surface area contributed by atoms with E-state index in [4.69, 9.17) is 15.6 Å². The van der Waals surface area contributed by atoms with E-state index in [1.54, 1.807) is 12.3 Å². The van der Waals surface area contributed by atoms with Gasteiger partial charge in [-0.3, -0.25) is 4.99 Å². The normalized spacial score (nSPS) is 13.7. The van der Waals surface area contributed by atoms with Gasteiger partial charge in [-0.2, -0.15) is 0 Å². The van der Waals surface area contributed by atoms with Crippen molar-refractivity contribution in [1.82, 2.24) is 0 Å². The van der Waals surface area contributed by atoms with E-state index in [1.807, 2.05) is 0 Å². The van der Waals surface area contributed by atoms with Crippen LogP contribution in [0.15, 0.2) is 16.8 Å². The lowest BCUT2D eigenvalue weighted by Crippen LogP contribution is -2.21. The van der Waals surface area contributed by atoms with Gasteiger partial charge >= 0.3 is 0 Å². The molecule has 0 aliphatic rings. The smallest absolute Gasteiger partial charge is 0.137 e. The number of nitrogens with zero attached hydrogens (tertiary/aromatic N) is 1. The van der Waals surface area contributed by atoms with Gasteiger partial charge in [-0.1, -0.05) is 19.6 Å². The van der Waals surface area contributed by atoms with Crippen molar-refractivity contribution in [3.8, 4) is 0 Å². The van der Waals surface area contributed by atoms with Gasteiger partial charge in [-0.25, -0.2) is 0 Å². The SMILES string of the molecule is C[Si](C)(C)CCOCN=CC=C(N)CO. The average Bonchev–Trinajstić information content (AvgIpc) is 2.14. The number of aliphatic hydroxyl groups excluding tert-OH is 1. The van der Waals surface area contributed by atoms with Gasteiger partial charge in [0.1, 0.15) is 6.73 Å². The molecule has 0 bridgehead atoms. The maximum absolute atomic E-state index is 8.58. The highest BCUT2D eigenvalue weighted by atomic mass is 28.3. The first kappa shape index (κ1) is 14.3. The number of hydrogen-bond acceptors (Lipinski definition) is 4. The van der Waals surface area contributed by atoms with Gasteiger partial charge in [0.05, 0.1) is 6.61 Å². The summed E-state index contributed by atoms with van der Waals surface area (Å²) >= 11 is 0. The van der Waals surface area contributed by atoms with Gasteiger partial charge < -0.3 is 15.6 Å². The second-order valence-corrected chi connectivity index (χ2v) is 10.2. The lowest BCUT2D eigenvalue weighted by Gasteiger charge is -2.14. The summed E-state index contributed by atoms with van der Waals surface area (Å²) in [6.45, 7) is 7.92. The molecule has 15 heavy (non-hydrogen) atoms. The summed E-state index contributed by atoms with van der Waals surface area (Å²) in [6.07, 6.45) is 3.13. The largest absolute Gasteiger partial charge is 0.400 e. The van der Waals surface area contributed by atoms with E-state index in [9.17, 15) is 0 Å². The average molecular weight is 230 g/mol. The Morgan fingerprint density at radius 1 is 1.47 bits per heavy atom. The molecule has 0 fully saturated rings. The van der Waals surface area contributed by atoms with Crippen LogP contribution in [-0.4, -0.2) is 39.3 Å². The minimum Gasteiger partial charge on any atom is -0.400 e. The Morgan fingerprint density at radius 2 is 2.13 bits per heavy atom. The lowest BCUT2D eigenvalue weighted by atomic mass is 10.4. The Kier molecular flexibility index (Phi) is 7.28. The van der Waals surface area contributed by atoms with Crippen molar-refractivity contribution in [2.45, 2.75) is 25.7 Å². The third-order valence-corrected chi connectivity index (χ3v) is 3.44. The van der Waals surface area contributed by atoms with Crippen molar-refractivity contribution in [2.75, 3.05) is 19.9 Å². The molecule has 4 nitrogen and oxygen atoms in total. The van der Waals surface area contributed by atoms with Crippen LogP contribution in [0.4, 0.5) is 0 Å². The van der Waals surface area contributed by atoms with E-state index in [1.165, 1.54) is 0 Å². The van der Waals surface area contributed by atoms with Crippen LogP contribution < -0.4 is 5.73 Å². The molecule has 0 radical (unpaired) electrons. The number of nitrogens with two attached hydrogens (primary N) is 1. The van der Waals surface area contributed by atoms with Crippen LogP contribution >= 0.6 is 0 Å². The van der Waals surface area contributed by atoms with Crippen LogP contribution in [0.1, 0.15) is 0 Å². The molecule has 0 aromatic rings. The fourth-order valence-electron chi connectivity index (χ4n) is 0.740. The molecule has 3 N–H and O–H groups in total. The summed E-state index contributed by atoms with van der Waals surface area (Å²) in [4.78, 5) is 3.98. The summed E-state index contributed by atoms with van der Waals surface area (Å²) in [6, 6.07) is 1.15. The van der Waals surface area contributed by atoms with Crippen LogP contribution in [0.5, 0.6) is 0 Å². The lowest BCUT2D eigenvalue weighted by molar-refractivity contribution is 0.156. The Bertz CT molecular complexity index is 222. The number of ether oxygens (including phenoxy) is 1. The van der Waals surface area contributed by atoms with Crippen molar-refractivity contribution in [3.63, 3.8) is 0 Å². The van der Waals surface area contributed by atoms with E-state index in [0.717, 1.165) is 12.7 Å². The molecule has 0 amide bonds. The van der Waals surface area contributed by atoms with Gasteiger partial charge in [0.2, 0.25) is 0 Å². The number of rotatable bonds is 7. The van der Waals surface area contributed by atoms with Gasteiger partial charge in [0.25, 0.3) is 0 Å². The zero-order valence-corrected chi connectivity index (χ0v) is 10.9. The molecule has 5 heteroatoms. The first-order chi connectivity index (χ1) is 6.95. The third-order valence-electron chi connectivity index (χ3n) is 1.74. The highest BCUT2D eigenvalue weighted by molar-refractivity contribution is 6.76. The first-order valence-corrected chi connectivity index (χ1v) is 8.79. The van der Waals surface area contributed by atoms with Crippen molar-refractivity contribution >= 4 is 14.3 Å². The van der Waals surface area contributed by atoms with Crippen LogP contribution in [0, 0.1) is 0 Å². The predicted molar refractivity (Wildman–Crippen MR) is 66.8 cm³/mol. The highest BCUT2D eigenvalue weighted by Gasteiger charge is 2.11. The molecule has 0 aromatic carbocycles. The molecule has 0 rings (SSSR count). The van der Waals surface area contributed by atoms with Crippen LogP contribution in [0.2, 0.25) is 25.7 Å². The summed E-state index contributed by atoms with van der Waals surface area (Å²) in [5, 5.41) is 8.58. The fraction of sp³-hybridized carbons (Fsp3) is 0.700. The number of aliphatic imine (C=N–C) groups is 1. The molecule has 0 saturated carbocycles. The molecule has 0 aliphatic carbocycles. The van der Waals surface area contributed by atoms with Crippen LogP contribution in [0.3, 0.4) is 0 Å². The van der Waals surface area contributed by atoms with Gasteiger partial charge in [-0.15, -0.1) is 0 Å². The number of aliphatic hydroxyl groups is 1. The summed E-state index contributed by atoms with van der Waals surface area (Å²) in [5.41, 5.74) is 5.76. The van der Waals surface area contributed by atoms with E-state index < -0.39 is 8.07 Å². The standard InChI is InChI=1S/C10H22N2O2Si/c1-15(2,3)7-6-14-9-12-5-4-10(11)8-13/h4-5,13H,6-9,11H2,1-3H3. The van der Waals surface area contributed by atoms with Gasteiger partial charge in [0, 0.05) is 26.6 Å². The van der Waals surface area contributed by atoms with E-state index in [-0.39, 0.29) is 6.61 Å². The Morgan fingerprint density at radius 3 is 2.67 bits per heavy atom. The van der Waals surface area contributed by atoms with Crippen LogP contribution in [-0.2, 0) is 4.74 Å².